The van der Waals surface area contributed by atoms with Crippen LogP contribution in [0, 0.1) is 5.41 Å². The van der Waals surface area contributed by atoms with Crippen LogP contribution in [0.15, 0.2) is 24.4 Å². The smallest absolute Gasteiger partial charge is 0.356 e. The largest absolute Gasteiger partial charge is 0.461 e. The third kappa shape index (κ3) is 4.23. The first-order valence-electron chi connectivity index (χ1n) is 10.6. The summed E-state index contributed by atoms with van der Waals surface area (Å²) >= 11 is 0. The maximum Gasteiger partial charge on any atom is 0.356 e. The first-order valence-corrected chi connectivity index (χ1v) is 10.6. The molecule has 2 aromatic rings. The molecule has 30 heavy (non-hydrogen) atoms. The van der Waals surface area contributed by atoms with Crippen LogP contribution in [-0.2, 0) is 28.9 Å². The molecule has 0 aliphatic carbocycles. The fraction of sp³-hybridized carbons (Fsp3) is 0.545. The maximum absolute atomic E-state index is 12.8. The number of hydrogen-bond donors (Lipinski definition) is 1. The zero-order valence-electron chi connectivity index (χ0n) is 17.4. The van der Waals surface area contributed by atoms with Crippen molar-refractivity contribution in [2.75, 3.05) is 26.4 Å². The van der Waals surface area contributed by atoms with Gasteiger partial charge in [-0.15, -0.1) is 0 Å². The predicted octanol–water partition coefficient (Wildman–Crippen LogP) is 2.17. The fourth-order valence-electron chi connectivity index (χ4n) is 4.29. The number of fused-ring (bicyclic) bond motifs is 1. The van der Waals surface area contributed by atoms with Gasteiger partial charge in [-0.25, -0.2) is 9.78 Å². The van der Waals surface area contributed by atoms with Crippen molar-refractivity contribution in [2.45, 2.75) is 45.6 Å². The van der Waals surface area contributed by atoms with Crippen molar-refractivity contribution >= 4 is 11.9 Å². The Morgan fingerprint density at radius 1 is 1.33 bits per heavy atom. The molecule has 1 spiro atoms. The summed E-state index contributed by atoms with van der Waals surface area (Å²) in [6, 6.07) is 5.15. The van der Waals surface area contributed by atoms with Gasteiger partial charge in [-0.2, -0.15) is 5.10 Å². The van der Waals surface area contributed by atoms with Crippen LogP contribution in [0.1, 0.15) is 58.4 Å². The first kappa shape index (κ1) is 20.5. The number of ether oxygens (including phenoxy) is 2. The lowest BCUT2D eigenvalue weighted by Gasteiger charge is -2.36. The van der Waals surface area contributed by atoms with Gasteiger partial charge in [0.1, 0.15) is 5.69 Å². The minimum atomic E-state index is -0.426. The SMILES string of the molecule is CCc1nn(CCCOC(=O)c2ccccn2)c2c1C(=O)NCC1(CCOCC1)C2. The number of hydrogen-bond acceptors (Lipinski definition) is 6. The van der Waals surface area contributed by atoms with Crippen LogP contribution in [0.5, 0.6) is 0 Å². The number of aromatic nitrogens is 3. The number of esters is 1. The highest BCUT2D eigenvalue weighted by molar-refractivity contribution is 5.97. The number of amides is 1. The second-order valence-corrected chi connectivity index (χ2v) is 8.02. The highest BCUT2D eigenvalue weighted by atomic mass is 16.5. The molecule has 4 rings (SSSR count). The van der Waals surface area contributed by atoms with E-state index in [9.17, 15) is 9.59 Å². The van der Waals surface area contributed by atoms with E-state index in [1.807, 2.05) is 11.6 Å². The second kappa shape index (κ2) is 8.95. The zero-order chi connectivity index (χ0) is 21.0. The average Bonchev–Trinajstić information content (AvgIpc) is 3.06. The third-order valence-corrected chi connectivity index (χ3v) is 6.03. The molecule has 1 saturated heterocycles. The molecule has 2 aliphatic rings. The standard InChI is InChI=1S/C22H28N4O4/c1-2-16-19-18(14-22(15-24-20(19)27)7-12-29-13-8-22)26(25-16)10-5-11-30-21(28)17-6-3-4-9-23-17/h3-4,6,9H,2,5,7-8,10-15H2,1H3,(H,24,27). The van der Waals surface area contributed by atoms with E-state index >= 15 is 0 Å². The van der Waals surface area contributed by atoms with Gasteiger partial charge in [-0.1, -0.05) is 13.0 Å². The highest BCUT2D eigenvalue weighted by Gasteiger charge is 2.39. The molecule has 4 heterocycles. The Balaban J connectivity index is 1.46. The van der Waals surface area contributed by atoms with Crippen molar-refractivity contribution in [1.29, 1.82) is 0 Å². The van der Waals surface area contributed by atoms with Gasteiger partial charge in [-0.05, 0) is 43.2 Å². The van der Waals surface area contributed by atoms with Crippen molar-refractivity contribution in [1.82, 2.24) is 20.1 Å². The summed E-state index contributed by atoms with van der Waals surface area (Å²) in [6.45, 7) is 5.01. The molecule has 0 saturated carbocycles. The van der Waals surface area contributed by atoms with Crippen LogP contribution in [0.4, 0.5) is 0 Å². The van der Waals surface area contributed by atoms with E-state index in [-0.39, 0.29) is 17.9 Å². The van der Waals surface area contributed by atoms with Crippen molar-refractivity contribution in [2.24, 2.45) is 5.41 Å². The van der Waals surface area contributed by atoms with E-state index in [1.54, 1.807) is 24.4 Å². The summed E-state index contributed by atoms with van der Waals surface area (Å²) in [4.78, 5) is 28.9. The average molecular weight is 412 g/mol. The lowest BCUT2D eigenvalue weighted by molar-refractivity contribution is 0.0152. The maximum atomic E-state index is 12.8. The van der Waals surface area contributed by atoms with Crippen LogP contribution in [-0.4, -0.2) is 53.0 Å². The van der Waals surface area contributed by atoms with Gasteiger partial charge >= 0.3 is 5.97 Å². The number of nitrogens with zero attached hydrogens (tertiary/aromatic N) is 3. The van der Waals surface area contributed by atoms with Crippen molar-refractivity contribution in [3.8, 4) is 0 Å². The second-order valence-electron chi connectivity index (χ2n) is 8.02. The molecule has 2 aliphatic heterocycles. The summed E-state index contributed by atoms with van der Waals surface area (Å²) in [5, 5.41) is 7.85. The Bertz CT molecular complexity index is 903. The van der Waals surface area contributed by atoms with Crippen molar-refractivity contribution < 1.29 is 19.1 Å². The predicted molar refractivity (Wildman–Crippen MR) is 109 cm³/mol. The molecule has 2 aromatic heterocycles. The van der Waals surface area contributed by atoms with E-state index in [2.05, 4.69) is 10.3 Å². The van der Waals surface area contributed by atoms with E-state index in [0.717, 1.165) is 49.4 Å². The molecule has 1 N–H and O–H groups in total. The summed E-state index contributed by atoms with van der Waals surface area (Å²) in [7, 11) is 0. The lowest BCUT2D eigenvalue weighted by atomic mass is 9.76. The van der Waals surface area contributed by atoms with Crippen molar-refractivity contribution in [3.63, 3.8) is 0 Å². The van der Waals surface area contributed by atoms with Gasteiger partial charge in [0.25, 0.3) is 5.91 Å². The molecule has 8 nitrogen and oxygen atoms in total. The van der Waals surface area contributed by atoms with E-state index in [1.165, 1.54) is 0 Å². The van der Waals surface area contributed by atoms with Gasteiger partial charge in [-0.3, -0.25) is 9.48 Å². The van der Waals surface area contributed by atoms with E-state index in [4.69, 9.17) is 14.6 Å². The molecule has 0 bridgehead atoms. The molecular formula is C22H28N4O4. The van der Waals surface area contributed by atoms with E-state index < -0.39 is 5.97 Å². The molecule has 160 valence electrons. The Labute approximate surface area is 176 Å². The van der Waals surface area contributed by atoms with Crippen molar-refractivity contribution in [3.05, 3.63) is 47.0 Å². The van der Waals surface area contributed by atoms with Gasteiger partial charge in [0.15, 0.2) is 0 Å². The molecule has 0 radical (unpaired) electrons. The lowest BCUT2D eigenvalue weighted by Crippen LogP contribution is -2.40. The molecule has 0 aromatic carbocycles. The van der Waals surface area contributed by atoms with Gasteiger partial charge in [0.05, 0.1) is 23.6 Å². The van der Waals surface area contributed by atoms with Crippen LogP contribution in [0.2, 0.25) is 0 Å². The first-order chi connectivity index (χ1) is 14.6. The zero-order valence-corrected chi connectivity index (χ0v) is 17.4. The number of carbonyl (C=O) groups excluding carboxylic acids is 2. The Morgan fingerprint density at radius 2 is 2.17 bits per heavy atom. The number of nitrogens with one attached hydrogen (secondary N) is 1. The monoisotopic (exact) mass is 412 g/mol. The molecule has 0 atom stereocenters. The molecular weight excluding hydrogens is 384 g/mol. The Morgan fingerprint density at radius 3 is 2.90 bits per heavy atom. The van der Waals surface area contributed by atoms with Crippen LogP contribution in [0.3, 0.4) is 0 Å². The molecule has 8 heteroatoms. The fourth-order valence-corrected chi connectivity index (χ4v) is 4.29. The number of pyridine rings is 1. The summed E-state index contributed by atoms with van der Waals surface area (Å²) < 4.78 is 12.9. The van der Waals surface area contributed by atoms with Crippen LogP contribution >= 0.6 is 0 Å². The number of rotatable bonds is 6. The van der Waals surface area contributed by atoms with Gasteiger partial charge in [0, 0.05) is 38.9 Å². The topological polar surface area (TPSA) is 95.3 Å². The highest BCUT2D eigenvalue weighted by Crippen LogP contribution is 2.37. The minimum absolute atomic E-state index is 0.0212. The molecule has 1 amide bonds. The molecule has 0 unspecified atom stereocenters. The molecule has 1 fully saturated rings. The van der Waals surface area contributed by atoms with Crippen LogP contribution < -0.4 is 5.32 Å². The number of aryl methyl sites for hydroxylation is 2. The Kier molecular flexibility index (Phi) is 6.13. The number of carbonyl (C=O) groups is 2. The summed E-state index contributed by atoms with van der Waals surface area (Å²) in [5.41, 5.74) is 2.88. The normalized spacial score (nSPS) is 17.8. The summed E-state index contributed by atoms with van der Waals surface area (Å²) in [5.74, 6) is -0.456. The van der Waals surface area contributed by atoms with Gasteiger partial charge < -0.3 is 14.8 Å². The third-order valence-electron chi connectivity index (χ3n) is 6.03. The minimum Gasteiger partial charge on any atom is -0.461 e. The van der Waals surface area contributed by atoms with Crippen LogP contribution in [0.25, 0.3) is 0 Å². The van der Waals surface area contributed by atoms with Gasteiger partial charge in [0.2, 0.25) is 0 Å². The quantitative estimate of drug-likeness (QED) is 0.577. The summed E-state index contributed by atoms with van der Waals surface area (Å²) in [6.07, 6.45) is 5.56. The Hall–Kier alpha value is -2.74. The van der Waals surface area contributed by atoms with E-state index in [0.29, 0.717) is 31.6 Å².